The van der Waals surface area contributed by atoms with Gasteiger partial charge in [-0.2, -0.15) is 0 Å². The number of nitrogens with zero attached hydrogens (tertiary/aromatic N) is 2. The molecule has 1 aromatic rings. The van der Waals surface area contributed by atoms with Gasteiger partial charge < -0.3 is 20.2 Å². The number of likely N-dealkylation sites (tertiary alicyclic amines) is 1. The molecular formula is C20H29N3O3. The number of carbonyl (C=O) groups is 2. The molecule has 2 aliphatic heterocycles. The Bertz CT molecular complexity index is 591. The average molecular weight is 359 g/mol. The molecular weight excluding hydrogens is 330 g/mol. The number of nitrogens with one attached hydrogen (secondary N) is 1. The Labute approximate surface area is 155 Å². The lowest BCUT2D eigenvalue weighted by Crippen LogP contribution is -2.46. The third kappa shape index (κ3) is 6.19. The van der Waals surface area contributed by atoms with Crippen LogP contribution in [0.5, 0.6) is 0 Å². The Kier molecular flexibility index (Phi) is 8.15. The van der Waals surface area contributed by atoms with Gasteiger partial charge in [0.1, 0.15) is 0 Å². The molecule has 2 atom stereocenters. The Balaban J connectivity index is 0.000000758. The largest absolute Gasteiger partial charge is 0.483 e. The number of fused-ring (bicyclic) bond motifs is 3. The van der Waals surface area contributed by atoms with Gasteiger partial charge in [-0.1, -0.05) is 48.9 Å². The first-order valence-corrected chi connectivity index (χ1v) is 9.16. The first-order valence-electron chi connectivity index (χ1n) is 9.16. The lowest BCUT2D eigenvalue weighted by atomic mass is 10.00. The van der Waals surface area contributed by atoms with Crippen molar-refractivity contribution < 1.29 is 14.7 Å². The smallest absolute Gasteiger partial charge is 0.317 e. The molecule has 0 spiro atoms. The molecule has 142 valence electrons. The third-order valence-corrected chi connectivity index (χ3v) is 5.00. The quantitative estimate of drug-likeness (QED) is 0.814. The predicted molar refractivity (Wildman–Crippen MR) is 103 cm³/mol. The number of likely N-dealkylation sites (N-methyl/N-ethyl adjacent to an activating group) is 1. The summed E-state index contributed by atoms with van der Waals surface area (Å²) in [6.45, 7) is 3.22. The minimum Gasteiger partial charge on any atom is -0.483 e. The van der Waals surface area contributed by atoms with Gasteiger partial charge in [-0.25, -0.2) is 4.79 Å². The van der Waals surface area contributed by atoms with Crippen LogP contribution < -0.4 is 5.32 Å². The van der Waals surface area contributed by atoms with Crippen molar-refractivity contribution in [2.45, 2.75) is 25.3 Å². The molecule has 26 heavy (non-hydrogen) atoms. The van der Waals surface area contributed by atoms with Crippen LogP contribution in [0.1, 0.15) is 24.8 Å². The lowest BCUT2D eigenvalue weighted by molar-refractivity contribution is -0.122. The van der Waals surface area contributed by atoms with Crippen LogP contribution in [-0.4, -0.2) is 66.7 Å². The highest BCUT2D eigenvalue weighted by molar-refractivity contribution is 5.74. The van der Waals surface area contributed by atoms with Gasteiger partial charge in [-0.15, -0.1) is 0 Å². The zero-order valence-corrected chi connectivity index (χ0v) is 15.4. The van der Waals surface area contributed by atoms with Gasteiger partial charge in [0.2, 0.25) is 0 Å². The van der Waals surface area contributed by atoms with Gasteiger partial charge in [0.05, 0.1) is 0 Å². The van der Waals surface area contributed by atoms with E-state index in [0.717, 1.165) is 25.2 Å². The van der Waals surface area contributed by atoms with Crippen molar-refractivity contribution in [3.63, 3.8) is 0 Å². The fraction of sp³-hybridized carbons (Fsp3) is 0.500. The summed E-state index contributed by atoms with van der Waals surface area (Å²) in [5.74, 6) is 0.623. The van der Waals surface area contributed by atoms with Gasteiger partial charge >= 0.3 is 6.03 Å². The Morgan fingerprint density at radius 2 is 1.96 bits per heavy atom. The molecule has 2 amide bonds. The molecule has 6 nitrogen and oxygen atoms in total. The Morgan fingerprint density at radius 3 is 2.69 bits per heavy atom. The summed E-state index contributed by atoms with van der Waals surface area (Å²) >= 11 is 0. The Morgan fingerprint density at radius 1 is 1.23 bits per heavy atom. The predicted octanol–water partition coefficient (Wildman–Crippen LogP) is 2.53. The molecule has 2 bridgehead atoms. The standard InChI is InChI=1S/C19H27N3O.CH2O2/c1-21-13-17-9-5-11-18(21)15-22(14-17)19(23)20-12-6-10-16-7-3-2-4-8-16;2-1-3/h2-4,6-8,10,17-18H,5,9,11-15H2,1H3,(H,20,23);1H,(H,2,3)/t17-,18-;/m0./s1. The van der Waals surface area contributed by atoms with Crippen molar-refractivity contribution in [3.8, 4) is 0 Å². The number of hydrogen-bond donors (Lipinski definition) is 2. The van der Waals surface area contributed by atoms with Crippen molar-refractivity contribution in [3.05, 3.63) is 42.0 Å². The lowest BCUT2D eigenvalue weighted by Gasteiger charge is -2.29. The summed E-state index contributed by atoms with van der Waals surface area (Å²) < 4.78 is 0. The van der Waals surface area contributed by atoms with E-state index in [0.29, 0.717) is 18.5 Å². The molecule has 3 rings (SSSR count). The van der Waals surface area contributed by atoms with Gasteiger partial charge in [0.15, 0.2) is 0 Å². The zero-order valence-electron chi connectivity index (χ0n) is 15.4. The van der Waals surface area contributed by atoms with Crippen LogP contribution in [0, 0.1) is 5.92 Å². The molecule has 0 aromatic heterocycles. The maximum absolute atomic E-state index is 12.5. The molecule has 0 radical (unpaired) electrons. The molecule has 2 aliphatic rings. The number of urea groups is 1. The van der Waals surface area contributed by atoms with Crippen LogP contribution in [0.25, 0.3) is 6.08 Å². The fourth-order valence-corrected chi connectivity index (χ4v) is 3.71. The normalized spacial score (nSPS) is 22.9. The van der Waals surface area contributed by atoms with Crippen LogP contribution in [0.15, 0.2) is 36.4 Å². The van der Waals surface area contributed by atoms with E-state index in [9.17, 15) is 4.79 Å². The summed E-state index contributed by atoms with van der Waals surface area (Å²) in [6, 6.07) is 10.8. The summed E-state index contributed by atoms with van der Waals surface area (Å²) in [6.07, 6.45) is 7.82. The van der Waals surface area contributed by atoms with E-state index in [4.69, 9.17) is 9.90 Å². The van der Waals surface area contributed by atoms with Crippen molar-refractivity contribution in [1.82, 2.24) is 15.1 Å². The summed E-state index contributed by atoms with van der Waals surface area (Å²) in [7, 11) is 2.20. The van der Waals surface area contributed by atoms with E-state index < -0.39 is 0 Å². The van der Waals surface area contributed by atoms with Gasteiger partial charge in [-0.05, 0) is 31.4 Å². The number of amides is 2. The van der Waals surface area contributed by atoms with Gasteiger partial charge in [0, 0.05) is 32.2 Å². The summed E-state index contributed by atoms with van der Waals surface area (Å²) in [5.41, 5.74) is 1.16. The molecule has 0 aliphatic carbocycles. The van der Waals surface area contributed by atoms with Gasteiger partial charge in [-0.3, -0.25) is 4.79 Å². The Hall–Kier alpha value is -2.34. The number of hydrogen-bond acceptors (Lipinski definition) is 3. The number of carbonyl (C=O) groups excluding carboxylic acids is 1. The van der Waals surface area contributed by atoms with Crippen molar-refractivity contribution in [2.75, 3.05) is 33.2 Å². The van der Waals surface area contributed by atoms with E-state index in [2.05, 4.69) is 29.4 Å². The highest BCUT2D eigenvalue weighted by Crippen LogP contribution is 2.25. The number of benzene rings is 1. The monoisotopic (exact) mass is 359 g/mol. The molecule has 6 heteroatoms. The molecule has 2 N–H and O–H groups in total. The topological polar surface area (TPSA) is 72.9 Å². The maximum atomic E-state index is 12.5. The first kappa shape index (κ1) is 20.0. The molecule has 0 saturated carbocycles. The SMILES string of the molecule is CN1C[C@@H]2CCC[C@H]1CN(C(=O)NCC=Cc1ccccc1)C2.O=CO. The number of rotatable bonds is 3. The third-order valence-electron chi connectivity index (χ3n) is 5.00. The van der Waals surface area contributed by atoms with Crippen molar-refractivity contribution in [2.24, 2.45) is 5.92 Å². The average Bonchev–Trinajstić information content (AvgIpc) is 2.88. The minimum atomic E-state index is -0.250. The second kappa shape index (κ2) is 10.6. The highest BCUT2D eigenvalue weighted by atomic mass is 16.3. The van der Waals surface area contributed by atoms with Crippen LogP contribution in [0.2, 0.25) is 0 Å². The molecule has 1 aromatic carbocycles. The van der Waals surface area contributed by atoms with Crippen LogP contribution in [-0.2, 0) is 4.79 Å². The summed E-state index contributed by atoms with van der Waals surface area (Å²) in [5, 5.41) is 9.93. The van der Waals surface area contributed by atoms with E-state index in [1.165, 1.54) is 19.3 Å². The molecule has 0 unspecified atom stereocenters. The van der Waals surface area contributed by atoms with Crippen molar-refractivity contribution in [1.29, 1.82) is 0 Å². The minimum absolute atomic E-state index is 0.0786. The van der Waals surface area contributed by atoms with E-state index in [1.54, 1.807) is 0 Å². The first-order chi connectivity index (χ1) is 12.6. The van der Waals surface area contributed by atoms with Crippen molar-refractivity contribution >= 4 is 18.6 Å². The van der Waals surface area contributed by atoms with Crippen LogP contribution >= 0.6 is 0 Å². The second-order valence-corrected chi connectivity index (χ2v) is 6.90. The molecule has 2 heterocycles. The molecule has 2 saturated heterocycles. The maximum Gasteiger partial charge on any atom is 0.317 e. The van der Waals surface area contributed by atoms with Crippen LogP contribution in [0.4, 0.5) is 4.79 Å². The van der Waals surface area contributed by atoms with E-state index >= 15 is 0 Å². The number of carboxylic acid groups (broad SMARTS) is 1. The highest BCUT2D eigenvalue weighted by Gasteiger charge is 2.32. The zero-order chi connectivity index (χ0) is 18.8. The van der Waals surface area contributed by atoms with E-state index in [1.807, 2.05) is 35.3 Å². The van der Waals surface area contributed by atoms with E-state index in [-0.39, 0.29) is 12.5 Å². The van der Waals surface area contributed by atoms with Gasteiger partial charge in [0.25, 0.3) is 6.47 Å². The molecule has 2 fully saturated rings. The summed E-state index contributed by atoms with van der Waals surface area (Å²) in [4.78, 5) is 25.3. The van der Waals surface area contributed by atoms with Crippen LogP contribution in [0.3, 0.4) is 0 Å². The fourth-order valence-electron chi connectivity index (χ4n) is 3.71. The second-order valence-electron chi connectivity index (χ2n) is 6.90.